The van der Waals surface area contributed by atoms with E-state index in [1.165, 1.54) is 44.1 Å². The molecule has 5 aliphatic rings. The van der Waals surface area contributed by atoms with Gasteiger partial charge in [-0.3, -0.25) is 14.4 Å². The molecule has 0 aromatic carbocycles. The fourth-order valence-corrected chi connectivity index (χ4v) is 9.52. The number of alkyl carbamates (subject to hydrolysis) is 1. The van der Waals surface area contributed by atoms with Gasteiger partial charge >= 0.3 is 12.1 Å². The molecular weight excluding hydrogens is 704 g/mol. The number of carbonyl (C=O) groups excluding carboxylic acids is 5. The Morgan fingerprint density at radius 1 is 0.945 bits per heavy atom. The van der Waals surface area contributed by atoms with Crippen LogP contribution in [0.1, 0.15) is 117 Å². The third kappa shape index (κ3) is 10.8. The maximum Gasteiger partial charge on any atom is 0.408 e. The molecule has 2 aliphatic heterocycles. The molecule has 2 saturated heterocycles. The van der Waals surface area contributed by atoms with E-state index in [0.717, 1.165) is 25.7 Å². The summed E-state index contributed by atoms with van der Waals surface area (Å²) in [5, 5.41) is 9.65. The average Bonchev–Trinajstić information content (AvgIpc) is 3.72. The van der Waals surface area contributed by atoms with Crippen LogP contribution in [0.2, 0.25) is 0 Å². The molecule has 13 nitrogen and oxygen atoms in total. The monoisotopic (exact) mass is 770 g/mol. The molecule has 0 aromatic heterocycles. The molecule has 3 aliphatic carbocycles. The molecule has 5 fully saturated rings. The summed E-state index contributed by atoms with van der Waals surface area (Å²) in [6, 6.07) is -1.59. The normalized spacial score (nSPS) is 32.7. The summed E-state index contributed by atoms with van der Waals surface area (Å²) in [4.78, 5) is 69.2. The molecule has 3 amide bonds. The second-order valence-electron chi connectivity index (χ2n) is 17.5. The van der Waals surface area contributed by atoms with Crippen LogP contribution < -0.4 is 16.0 Å². The standard InChI is InChI=1S/C42H66N4O9/c1-8-10-16-28(47)17-20-32(44-40(51)55-41(3,4)5)38(49)46-25-30(22-35(46)37(48)45-42(39(50)53-7)24-27(42)9-2)54-36-23-33(26-14-12-11-13-15-26)43-34-21-29(52-6)18-19-31(34)36/h8-9,26-27,29-36,43H,1-2,10-25H2,3-7H3,(H,44,51)(H,45,48)/t27?,29?,30?,31?,32-,33?,34?,35-,36?,42+/m0/s1. The summed E-state index contributed by atoms with van der Waals surface area (Å²) in [7, 11) is 3.06. The number of nitrogens with zero attached hydrogens (tertiary/aromatic N) is 1. The van der Waals surface area contributed by atoms with Crippen molar-refractivity contribution in [1.82, 2.24) is 20.9 Å². The van der Waals surface area contributed by atoms with Crippen LogP contribution in [-0.2, 0) is 38.1 Å². The molecule has 3 saturated carbocycles. The number of amides is 3. The van der Waals surface area contributed by atoms with Gasteiger partial charge in [-0.05, 0) is 84.5 Å². The largest absolute Gasteiger partial charge is 0.467 e. The topological polar surface area (TPSA) is 162 Å². The number of nitrogens with one attached hydrogen (secondary N) is 3. The van der Waals surface area contributed by atoms with Gasteiger partial charge in [-0.2, -0.15) is 0 Å². The van der Waals surface area contributed by atoms with E-state index in [-0.39, 0.29) is 68.1 Å². The van der Waals surface area contributed by atoms with Gasteiger partial charge in [0.15, 0.2) is 0 Å². The molecule has 5 rings (SSSR count). The van der Waals surface area contributed by atoms with Crippen molar-refractivity contribution < 1.29 is 42.9 Å². The number of ketones is 1. The van der Waals surface area contributed by atoms with E-state index in [2.05, 4.69) is 29.1 Å². The fraction of sp³-hybridized carbons (Fsp3) is 0.786. The van der Waals surface area contributed by atoms with Gasteiger partial charge in [0.2, 0.25) is 11.8 Å². The molecule has 0 radical (unpaired) electrons. The minimum atomic E-state index is -1.26. The fourth-order valence-electron chi connectivity index (χ4n) is 9.52. The lowest BCUT2D eigenvalue weighted by Gasteiger charge is -2.49. The number of fused-ring (bicyclic) bond motifs is 1. The SMILES string of the molecule is C=CCCC(=O)CC[C@H](NC(=O)OC(C)(C)C)C(=O)N1CC(OC2CC(C3CCCCC3)NC3CC(OC)CCC32)C[C@H]1C(=O)N[C@]1(C(=O)OC)CC1C=C. The lowest BCUT2D eigenvalue weighted by atomic mass is 9.71. The van der Waals surface area contributed by atoms with Crippen molar-refractivity contribution in [1.29, 1.82) is 0 Å². The van der Waals surface area contributed by atoms with Gasteiger partial charge in [0.1, 0.15) is 29.0 Å². The van der Waals surface area contributed by atoms with Crippen LogP contribution in [-0.4, -0.2) is 109 Å². The first-order valence-corrected chi connectivity index (χ1v) is 20.6. The number of carbonyl (C=O) groups is 5. The maximum absolute atomic E-state index is 14.6. The van der Waals surface area contributed by atoms with Crippen molar-refractivity contribution in [2.75, 3.05) is 20.8 Å². The number of methoxy groups -OCH3 is 2. The summed E-state index contributed by atoms with van der Waals surface area (Å²) in [5.74, 6) is -1.14. The average molecular weight is 771 g/mol. The summed E-state index contributed by atoms with van der Waals surface area (Å²) in [5.41, 5.74) is -2.09. The third-order valence-corrected chi connectivity index (χ3v) is 12.5. The first kappa shape index (κ1) is 42.8. The first-order chi connectivity index (χ1) is 26.2. The smallest absolute Gasteiger partial charge is 0.408 e. The molecule has 10 atom stereocenters. The number of piperidine rings is 1. The molecule has 308 valence electrons. The zero-order chi connectivity index (χ0) is 39.9. The Kier molecular flexibility index (Phi) is 14.6. The number of ether oxygens (including phenoxy) is 4. The molecule has 7 unspecified atom stereocenters. The molecule has 3 N–H and O–H groups in total. The van der Waals surface area contributed by atoms with Crippen LogP contribution in [0.15, 0.2) is 25.3 Å². The summed E-state index contributed by atoms with van der Waals surface area (Å²) in [6.45, 7) is 12.8. The van der Waals surface area contributed by atoms with Crippen LogP contribution in [0, 0.1) is 17.8 Å². The molecule has 2 heterocycles. The number of rotatable bonds is 16. The summed E-state index contributed by atoms with van der Waals surface area (Å²) >= 11 is 0. The van der Waals surface area contributed by atoms with E-state index in [0.29, 0.717) is 24.8 Å². The lowest BCUT2D eigenvalue weighted by molar-refractivity contribution is -0.148. The van der Waals surface area contributed by atoms with Gasteiger partial charge in [-0.1, -0.05) is 31.4 Å². The Balaban J connectivity index is 1.40. The Hall–Kier alpha value is -3.29. The van der Waals surface area contributed by atoms with Gasteiger partial charge in [-0.15, -0.1) is 13.2 Å². The molecular formula is C42H66N4O9. The Morgan fingerprint density at radius 3 is 2.33 bits per heavy atom. The van der Waals surface area contributed by atoms with E-state index >= 15 is 0 Å². The number of esters is 1. The Bertz CT molecular complexity index is 1410. The molecule has 0 bridgehead atoms. The second-order valence-corrected chi connectivity index (χ2v) is 17.5. The molecule has 55 heavy (non-hydrogen) atoms. The first-order valence-electron chi connectivity index (χ1n) is 20.6. The van der Waals surface area contributed by atoms with E-state index in [9.17, 15) is 24.0 Å². The predicted molar refractivity (Wildman–Crippen MR) is 207 cm³/mol. The van der Waals surface area contributed by atoms with Crippen molar-refractivity contribution in [3.63, 3.8) is 0 Å². The van der Waals surface area contributed by atoms with Gasteiger partial charge < -0.3 is 39.8 Å². The zero-order valence-electron chi connectivity index (χ0n) is 33.8. The minimum absolute atomic E-state index is 0.0246. The zero-order valence-corrected chi connectivity index (χ0v) is 33.8. The summed E-state index contributed by atoms with van der Waals surface area (Å²) < 4.78 is 23.5. The van der Waals surface area contributed by atoms with Crippen LogP contribution in [0.5, 0.6) is 0 Å². The number of Topliss-reactive ketones (excluding diaryl/α,β-unsaturated/α-hetero) is 1. The number of allylic oxidation sites excluding steroid dienone is 1. The van der Waals surface area contributed by atoms with Crippen molar-refractivity contribution in [2.45, 2.75) is 171 Å². The number of hydrogen-bond donors (Lipinski definition) is 3. The highest BCUT2D eigenvalue weighted by Gasteiger charge is 2.62. The quantitative estimate of drug-likeness (QED) is 0.145. The predicted octanol–water partition coefficient (Wildman–Crippen LogP) is 4.91. The third-order valence-electron chi connectivity index (χ3n) is 12.5. The van der Waals surface area contributed by atoms with Crippen LogP contribution in [0.25, 0.3) is 0 Å². The van der Waals surface area contributed by atoms with Crippen molar-refractivity contribution >= 4 is 29.7 Å². The van der Waals surface area contributed by atoms with Crippen molar-refractivity contribution in [2.24, 2.45) is 17.8 Å². The number of hydrogen-bond acceptors (Lipinski definition) is 10. The van der Waals surface area contributed by atoms with E-state index in [4.69, 9.17) is 18.9 Å². The maximum atomic E-state index is 14.6. The Labute approximate surface area is 327 Å². The minimum Gasteiger partial charge on any atom is -0.467 e. The molecule has 13 heteroatoms. The second kappa shape index (κ2) is 18.8. The van der Waals surface area contributed by atoms with Crippen LogP contribution >= 0.6 is 0 Å². The van der Waals surface area contributed by atoms with Gasteiger partial charge in [-0.25, -0.2) is 9.59 Å². The van der Waals surface area contributed by atoms with E-state index in [1.54, 1.807) is 40.0 Å². The highest BCUT2D eigenvalue weighted by atomic mass is 16.6. The van der Waals surface area contributed by atoms with Crippen LogP contribution in [0.4, 0.5) is 4.79 Å². The van der Waals surface area contributed by atoms with Crippen LogP contribution in [0.3, 0.4) is 0 Å². The highest BCUT2D eigenvalue weighted by molar-refractivity contribution is 5.96. The van der Waals surface area contributed by atoms with Gasteiger partial charge in [0.25, 0.3) is 0 Å². The van der Waals surface area contributed by atoms with E-state index < -0.39 is 53.2 Å². The molecule has 0 spiro atoms. The highest BCUT2D eigenvalue weighted by Crippen LogP contribution is 2.46. The number of likely N-dealkylation sites (tertiary alicyclic amines) is 1. The summed E-state index contributed by atoms with van der Waals surface area (Å²) in [6.07, 6.45) is 13.3. The van der Waals surface area contributed by atoms with Gasteiger partial charge in [0.05, 0.1) is 25.4 Å². The van der Waals surface area contributed by atoms with Gasteiger partial charge in [0, 0.05) is 56.8 Å². The molecule has 0 aromatic rings. The van der Waals surface area contributed by atoms with Crippen molar-refractivity contribution in [3.05, 3.63) is 25.3 Å². The van der Waals surface area contributed by atoms with E-state index in [1.807, 2.05) is 0 Å². The Morgan fingerprint density at radius 2 is 1.69 bits per heavy atom. The van der Waals surface area contributed by atoms with Crippen molar-refractivity contribution in [3.8, 4) is 0 Å². The lowest BCUT2D eigenvalue weighted by Crippen LogP contribution is -2.60.